The van der Waals surface area contributed by atoms with Crippen molar-refractivity contribution in [2.75, 3.05) is 74.1 Å². The summed E-state index contributed by atoms with van der Waals surface area (Å²) in [6.45, 7) is 9.82. The smallest absolute Gasteiger partial charge is 0.329 e. The quantitative estimate of drug-likeness (QED) is 0.214. The van der Waals surface area contributed by atoms with E-state index in [0.29, 0.717) is 17.9 Å². The Morgan fingerprint density at radius 1 is 0.797 bits per heavy atom. The number of benzene rings is 3. The first-order chi connectivity index (χ1) is 28.6. The Balaban J connectivity index is 0.747. The average Bonchev–Trinajstić information content (AvgIpc) is 3.73. The normalized spacial score (nSPS) is 21.0. The lowest BCUT2D eigenvalue weighted by Crippen LogP contribution is -2.49. The number of anilines is 3. The van der Waals surface area contributed by atoms with Crippen LogP contribution in [0, 0.1) is 5.92 Å². The fourth-order valence-corrected chi connectivity index (χ4v) is 11.0. The van der Waals surface area contributed by atoms with Gasteiger partial charge in [0.2, 0.25) is 11.8 Å². The number of fused-ring (bicyclic) bond motifs is 6. The largest absolute Gasteiger partial charge is 0.372 e. The third kappa shape index (κ3) is 6.71. The molecule has 4 aliphatic heterocycles. The van der Waals surface area contributed by atoms with E-state index in [-0.39, 0.29) is 30.0 Å². The number of hydrogen-bond donors (Lipinski definition) is 2. The van der Waals surface area contributed by atoms with Gasteiger partial charge in [0.05, 0.1) is 27.9 Å². The predicted molar refractivity (Wildman–Crippen MR) is 235 cm³/mol. The number of piperidine rings is 2. The van der Waals surface area contributed by atoms with Crippen molar-refractivity contribution < 1.29 is 14.4 Å². The van der Waals surface area contributed by atoms with Crippen molar-refractivity contribution >= 4 is 78.1 Å². The Kier molecular flexibility index (Phi) is 9.43. The van der Waals surface area contributed by atoms with Gasteiger partial charge < -0.3 is 20.0 Å². The van der Waals surface area contributed by atoms with Crippen molar-refractivity contribution in [3.63, 3.8) is 0 Å². The van der Waals surface area contributed by atoms with Crippen LogP contribution < -0.4 is 31.0 Å². The minimum Gasteiger partial charge on any atom is -0.372 e. The molecule has 6 aromatic rings. The van der Waals surface area contributed by atoms with E-state index in [1.807, 2.05) is 13.0 Å². The number of amides is 3. The van der Waals surface area contributed by atoms with E-state index >= 15 is 0 Å². The Bertz CT molecular complexity index is 2700. The standard InChI is InChI=1S/C45H49N9O4S/c1-27-25-49(2)41-40-32-9-10-33(47-34(32)11-14-38(40)59-42(41)44(57)46-27)29-4-6-30(7-5-29)52-18-16-28(17-19-52)26-51-20-22-53(23-21-51)31-8-12-35-37(24-31)50(3)45(58)54(35)36-13-15-39(55)48-43(36)56/h4-12,14,24,27-28,36H,13,15-23,25-26H2,1-3H3,(H,46,57)(H,48,55,56)/t27-,36?/m1/s1. The molecule has 3 aromatic heterocycles. The number of hydrogen-bond acceptors (Lipinski definition) is 10. The Morgan fingerprint density at radius 3 is 2.31 bits per heavy atom. The topological polar surface area (TPSA) is 128 Å². The molecule has 10 rings (SSSR count). The maximum Gasteiger partial charge on any atom is 0.329 e. The van der Waals surface area contributed by atoms with Gasteiger partial charge in [0, 0.05) is 111 Å². The van der Waals surface area contributed by atoms with Crippen LogP contribution in [0.2, 0.25) is 0 Å². The molecule has 3 fully saturated rings. The molecule has 3 saturated heterocycles. The highest BCUT2D eigenvalue weighted by Crippen LogP contribution is 2.43. The van der Waals surface area contributed by atoms with E-state index in [4.69, 9.17) is 4.98 Å². The van der Waals surface area contributed by atoms with E-state index in [1.165, 1.54) is 18.5 Å². The van der Waals surface area contributed by atoms with Gasteiger partial charge in [-0.25, -0.2) is 9.78 Å². The molecule has 2 atom stereocenters. The third-order valence-corrected chi connectivity index (χ3v) is 14.1. The minimum absolute atomic E-state index is 0.00127. The summed E-state index contributed by atoms with van der Waals surface area (Å²) in [5.41, 5.74) is 7.57. The van der Waals surface area contributed by atoms with Crippen LogP contribution in [0.3, 0.4) is 0 Å². The molecule has 0 saturated carbocycles. The molecular formula is C45H49N9O4S. The molecule has 3 aromatic carbocycles. The summed E-state index contributed by atoms with van der Waals surface area (Å²) < 4.78 is 4.26. The highest BCUT2D eigenvalue weighted by atomic mass is 32.1. The van der Waals surface area contributed by atoms with Gasteiger partial charge in [-0.2, -0.15) is 0 Å². The number of carbonyl (C=O) groups excluding carboxylic acids is 3. The second-order valence-electron chi connectivity index (χ2n) is 16.9. The lowest BCUT2D eigenvalue weighted by molar-refractivity contribution is -0.135. The lowest BCUT2D eigenvalue weighted by atomic mass is 9.95. The number of likely N-dealkylation sites (N-methyl/N-ethyl adjacent to an activating group) is 1. The van der Waals surface area contributed by atoms with E-state index in [2.05, 4.69) is 97.9 Å². The Hall–Kier alpha value is -5.73. The zero-order valence-corrected chi connectivity index (χ0v) is 34.6. The molecule has 4 aliphatic rings. The molecule has 0 aliphatic carbocycles. The first-order valence-electron chi connectivity index (χ1n) is 20.8. The molecule has 14 heteroatoms. The maximum atomic E-state index is 13.2. The number of rotatable bonds is 6. The van der Waals surface area contributed by atoms with Crippen LogP contribution >= 0.6 is 11.3 Å². The first-order valence-corrected chi connectivity index (χ1v) is 21.7. The van der Waals surface area contributed by atoms with Gasteiger partial charge in [-0.1, -0.05) is 12.1 Å². The van der Waals surface area contributed by atoms with E-state index < -0.39 is 11.9 Å². The summed E-state index contributed by atoms with van der Waals surface area (Å²) >= 11 is 1.56. The number of aryl methyl sites for hydroxylation is 1. The zero-order valence-electron chi connectivity index (χ0n) is 33.7. The van der Waals surface area contributed by atoms with Gasteiger partial charge in [-0.3, -0.25) is 33.7 Å². The summed E-state index contributed by atoms with van der Waals surface area (Å²) in [6.07, 6.45) is 2.89. The molecule has 2 N–H and O–H groups in total. The zero-order chi connectivity index (χ0) is 40.5. The SMILES string of the molecule is C[C@@H]1CN(C)c2c(sc3ccc4nc(-c5ccc(N6CCC(CN7CCN(c8ccc9c(c8)n(C)c(=O)n9C8CCC(=O)NC8=O)CC7)CC6)cc5)ccc4c23)C(=O)N1. The number of pyridine rings is 1. The molecule has 0 bridgehead atoms. The number of carbonyl (C=O) groups is 3. The number of imidazole rings is 1. The molecule has 304 valence electrons. The van der Waals surface area contributed by atoms with Gasteiger partial charge >= 0.3 is 5.69 Å². The van der Waals surface area contributed by atoms with Crippen LogP contribution in [0.25, 0.3) is 43.3 Å². The first kappa shape index (κ1) is 37.5. The molecule has 0 radical (unpaired) electrons. The van der Waals surface area contributed by atoms with Gasteiger partial charge in [0.25, 0.3) is 5.91 Å². The number of thiophene rings is 1. The van der Waals surface area contributed by atoms with Gasteiger partial charge in [-0.15, -0.1) is 11.3 Å². The van der Waals surface area contributed by atoms with Crippen molar-refractivity contribution in [1.29, 1.82) is 0 Å². The number of nitrogens with one attached hydrogen (secondary N) is 2. The molecule has 7 heterocycles. The summed E-state index contributed by atoms with van der Waals surface area (Å²) in [5.74, 6) is -0.0366. The van der Waals surface area contributed by atoms with E-state index in [9.17, 15) is 19.2 Å². The molecule has 0 spiro atoms. The average molecular weight is 812 g/mol. The van der Waals surface area contributed by atoms with Gasteiger partial charge in [-0.05, 0) is 86.7 Å². The molecule has 59 heavy (non-hydrogen) atoms. The fraction of sp³-hybridized carbons (Fsp3) is 0.400. The maximum absolute atomic E-state index is 13.2. The second-order valence-corrected chi connectivity index (χ2v) is 17.9. The minimum atomic E-state index is -0.680. The highest BCUT2D eigenvalue weighted by molar-refractivity contribution is 7.21. The van der Waals surface area contributed by atoms with Crippen molar-refractivity contribution in [2.45, 2.75) is 44.7 Å². The second kappa shape index (κ2) is 14.8. The van der Waals surface area contributed by atoms with Crippen molar-refractivity contribution in [2.24, 2.45) is 13.0 Å². The van der Waals surface area contributed by atoms with Crippen molar-refractivity contribution in [3.05, 3.63) is 82.1 Å². The fourth-order valence-electron chi connectivity index (χ4n) is 9.85. The van der Waals surface area contributed by atoms with Crippen LogP contribution in [0.1, 0.15) is 48.3 Å². The summed E-state index contributed by atoms with van der Waals surface area (Å²) in [4.78, 5) is 66.2. The summed E-state index contributed by atoms with van der Waals surface area (Å²) in [5, 5.41) is 7.70. The van der Waals surface area contributed by atoms with Crippen molar-refractivity contribution in [1.82, 2.24) is 29.7 Å². The monoisotopic (exact) mass is 811 g/mol. The number of aromatic nitrogens is 3. The Morgan fingerprint density at radius 2 is 1.54 bits per heavy atom. The molecule has 13 nitrogen and oxygen atoms in total. The number of piperazine rings is 1. The van der Waals surface area contributed by atoms with Crippen LogP contribution in [-0.4, -0.2) is 102 Å². The van der Waals surface area contributed by atoms with Gasteiger partial charge in [0.1, 0.15) is 10.9 Å². The number of nitrogens with zero attached hydrogens (tertiary/aromatic N) is 7. The highest BCUT2D eigenvalue weighted by Gasteiger charge is 2.32. The summed E-state index contributed by atoms with van der Waals surface area (Å²) in [7, 11) is 3.82. The van der Waals surface area contributed by atoms with Gasteiger partial charge in [0.15, 0.2) is 0 Å². The van der Waals surface area contributed by atoms with Crippen LogP contribution in [0.15, 0.2) is 71.5 Å². The van der Waals surface area contributed by atoms with Crippen LogP contribution in [0.5, 0.6) is 0 Å². The predicted octanol–water partition coefficient (Wildman–Crippen LogP) is 5.35. The molecule has 3 amide bonds. The number of imide groups is 1. The lowest BCUT2D eigenvalue weighted by Gasteiger charge is -2.40. The molecular weight excluding hydrogens is 763 g/mol. The third-order valence-electron chi connectivity index (χ3n) is 13.0. The van der Waals surface area contributed by atoms with E-state index in [0.717, 1.165) is 106 Å². The van der Waals surface area contributed by atoms with Crippen LogP contribution in [0.4, 0.5) is 17.1 Å². The summed E-state index contributed by atoms with van der Waals surface area (Å²) in [6, 6.07) is 22.8. The molecule has 1 unspecified atom stereocenters. The van der Waals surface area contributed by atoms with Crippen molar-refractivity contribution in [3.8, 4) is 11.3 Å². The Labute approximate surface area is 346 Å². The van der Waals surface area contributed by atoms with Crippen LogP contribution in [-0.2, 0) is 16.6 Å². The van der Waals surface area contributed by atoms with E-state index in [1.54, 1.807) is 27.5 Å².